The molecular formula is C21H20N2O4. The topological polar surface area (TPSA) is 88.5 Å². The number of aromatic nitrogens is 1. The number of nitrogens with one attached hydrogen (secondary N) is 1. The van der Waals surface area contributed by atoms with E-state index in [-0.39, 0.29) is 18.2 Å². The van der Waals surface area contributed by atoms with Crippen molar-refractivity contribution in [3.63, 3.8) is 0 Å². The number of fused-ring (bicyclic) bond motifs is 1. The average Bonchev–Trinajstić information content (AvgIpc) is 2.62. The zero-order valence-corrected chi connectivity index (χ0v) is 15.4. The molecule has 0 aliphatic carbocycles. The molecule has 2 aromatic carbocycles. The summed E-state index contributed by atoms with van der Waals surface area (Å²) in [5.74, 6) is -1.15. The second-order valence-corrected chi connectivity index (χ2v) is 6.44. The highest BCUT2D eigenvalue weighted by atomic mass is 16.5. The molecule has 0 aliphatic rings. The quantitative estimate of drug-likeness (QED) is 0.717. The lowest BCUT2D eigenvalue weighted by molar-refractivity contribution is -0.118. The van der Waals surface area contributed by atoms with Gasteiger partial charge in [0.15, 0.2) is 12.3 Å². The number of hydrogen-bond donors (Lipinski definition) is 2. The Hall–Kier alpha value is -3.41. The predicted octanol–water partition coefficient (Wildman–Crippen LogP) is 3.88. The number of carboxylic acids is 1. The molecule has 1 amide bonds. The van der Waals surface area contributed by atoms with E-state index in [1.807, 2.05) is 51.1 Å². The van der Waals surface area contributed by atoms with Gasteiger partial charge in [0, 0.05) is 17.1 Å². The van der Waals surface area contributed by atoms with Crippen LogP contribution in [-0.2, 0) is 4.79 Å². The van der Waals surface area contributed by atoms with Gasteiger partial charge in [0.05, 0.1) is 5.52 Å². The smallest absolute Gasteiger partial charge is 0.354 e. The fraction of sp³-hybridized carbons (Fsp3) is 0.190. The van der Waals surface area contributed by atoms with E-state index in [1.165, 1.54) is 6.07 Å². The summed E-state index contributed by atoms with van der Waals surface area (Å²) in [6.07, 6.45) is 0. The minimum atomic E-state index is -1.15. The van der Waals surface area contributed by atoms with E-state index in [1.54, 1.807) is 6.07 Å². The number of rotatable bonds is 5. The van der Waals surface area contributed by atoms with Crippen LogP contribution < -0.4 is 10.1 Å². The molecule has 0 aliphatic heterocycles. The number of aryl methyl sites for hydroxylation is 3. The molecule has 0 saturated carbocycles. The molecule has 1 heterocycles. The van der Waals surface area contributed by atoms with E-state index in [0.29, 0.717) is 16.7 Å². The molecule has 0 atom stereocenters. The maximum absolute atomic E-state index is 12.3. The van der Waals surface area contributed by atoms with Crippen LogP contribution in [0.3, 0.4) is 0 Å². The number of benzene rings is 2. The third kappa shape index (κ3) is 4.06. The number of para-hydroxylation sites is 1. The van der Waals surface area contributed by atoms with Crippen LogP contribution in [0.4, 0.5) is 5.69 Å². The highest BCUT2D eigenvalue weighted by Crippen LogP contribution is 2.27. The number of aromatic carboxylic acids is 1. The minimum Gasteiger partial charge on any atom is -0.483 e. The van der Waals surface area contributed by atoms with Crippen molar-refractivity contribution in [1.29, 1.82) is 0 Å². The van der Waals surface area contributed by atoms with E-state index in [2.05, 4.69) is 10.3 Å². The van der Waals surface area contributed by atoms with Crippen LogP contribution in [0.2, 0.25) is 0 Å². The number of carbonyl (C=O) groups is 2. The molecule has 0 unspecified atom stereocenters. The third-order valence-electron chi connectivity index (χ3n) is 4.25. The third-order valence-corrected chi connectivity index (χ3v) is 4.25. The fourth-order valence-electron chi connectivity index (χ4n) is 2.87. The van der Waals surface area contributed by atoms with Crippen LogP contribution >= 0.6 is 0 Å². The summed E-state index contributed by atoms with van der Waals surface area (Å²) in [5.41, 5.74) is 4.04. The molecule has 2 N–H and O–H groups in total. The molecular weight excluding hydrogens is 344 g/mol. The number of nitrogens with zero attached hydrogens (tertiary/aromatic N) is 1. The van der Waals surface area contributed by atoms with Gasteiger partial charge in [-0.3, -0.25) is 4.79 Å². The highest BCUT2D eigenvalue weighted by molar-refractivity contribution is 5.95. The lowest BCUT2D eigenvalue weighted by Gasteiger charge is -2.13. The van der Waals surface area contributed by atoms with Crippen molar-refractivity contribution in [1.82, 2.24) is 4.98 Å². The van der Waals surface area contributed by atoms with Gasteiger partial charge in [0.25, 0.3) is 5.91 Å². The van der Waals surface area contributed by atoms with E-state index in [9.17, 15) is 14.7 Å². The van der Waals surface area contributed by atoms with Crippen molar-refractivity contribution in [3.05, 3.63) is 64.8 Å². The molecule has 6 heteroatoms. The van der Waals surface area contributed by atoms with Crippen molar-refractivity contribution in [2.45, 2.75) is 20.8 Å². The van der Waals surface area contributed by atoms with Crippen molar-refractivity contribution >= 4 is 28.5 Å². The summed E-state index contributed by atoms with van der Waals surface area (Å²) in [7, 11) is 0. The van der Waals surface area contributed by atoms with Gasteiger partial charge >= 0.3 is 5.97 Å². The lowest BCUT2D eigenvalue weighted by atomic mass is 10.1. The van der Waals surface area contributed by atoms with Gasteiger partial charge in [-0.05, 0) is 44.0 Å². The second-order valence-electron chi connectivity index (χ2n) is 6.44. The Kier molecular flexibility index (Phi) is 5.07. The summed E-state index contributed by atoms with van der Waals surface area (Å²) >= 11 is 0. The van der Waals surface area contributed by atoms with Gasteiger partial charge in [-0.15, -0.1) is 0 Å². The van der Waals surface area contributed by atoms with E-state index < -0.39 is 5.97 Å². The molecule has 0 bridgehead atoms. The first-order valence-electron chi connectivity index (χ1n) is 8.48. The van der Waals surface area contributed by atoms with Crippen LogP contribution in [0.15, 0.2) is 42.5 Å². The number of anilines is 1. The van der Waals surface area contributed by atoms with Crippen LogP contribution in [0.1, 0.15) is 27.2 Å². The van der Waals surface area contributed by atoms with Crippen LogP contribution in [0.5, 0.6) is 5.75 Å². The van der Waals surface area contributed by atoms with Gasteiger partial charge < -0.3 is 15.2 Å². The Labute approximate surface area is 156 Å². The first-order chi connectivity index (χ1) is 12.8. The summed E-state index contributed by atoms with van der Waals surface area (Å²) in [5, 5.41) is 12.8. The summed E-state index contributed by atoms with van der Waals surface area (Å²) in [6, 6.07) is 12.5. The molecule has 3 aromatic rings. The monoisotopic (exact) mass is 364 g/mol. The second kappa shape index (κ2) is 7.45. The number of amides is 1. The van der Waals surface area contributed by atoms with Crippen molar-refractivity contribution in [2.75, 3.05) is 11.9 Å². The Morgan fingerprint density at radius 1 is 1.07 bits per heavy atom. The Morgan fingerprint density at radius 3 is 2.44 bits per heavy atom. The molecule has 0 spiro atoms. The number of pyridine rings is 1. The lowest BCUT2D eigenvalue weighted by Crippen LogP contribution is -2.21. The normalized spacial score (nSPS) is 10.6. The molecule has 27 heavy (non-hydrogen) atoms. The van der Waals surface area contributed by atoms with Crippen LogP contribution in [0.25, 0.3) is 10.9 Å². The van der Waals surface area contributed by atoms with E-state index in [0.717, 1.165) is 22.4 Å². The average molecular weight is 364 g/mol. The molecule has 6 nitrogen and oxygen atoms in total. The van der Waals surface area contributed by atoms with Gasteiger partial charge in [0.1, 0.15) is 5.75 Å². The summed E-state index contributed by atoms with van der Waals surface area (Å²) < 4.78 is 5.66. The number of ether oxygens (including phenoxy) is 1. The SMILES string of the molecule is Cc1ccc2nc(C(=O)O)cc(OCC(=O)Nc3c(C)cccc3C)c2c1. The van der Waals surface area contributed by atoms with Crippen molar-refractivity contribution < 1.29 is 19.4 Å². The Balaban J connectivity index is 1.84. The number of hydrogen-bond acceptors (Lipinski definition) is 4. The van der Waals surface area contributed by atoms with Gasteiger partial charge in [0.2, 0.25) is 0 Å². The summed E-state index contributed by atoms with van der Waals surface area (Å²) in [6.45, 7) is 5.52. The molecule has 1 aromatic heterocycles. The minimum absolute atomic E-state index is 0.128. The zero-order chi connectivity index (χ0) is 19.6. The fourth-order valence-corrected chi connectivity index (χ4v) is 2.87. The van der Waals surface area contributed by atoms with Crippen molar-refractivity contribution in [2.24, 2.45) is 0 Å². The van der Waals surface area contributed by atoms with Crippen molar-refractivity contribution in [3.8, 4) is 5.75 Å². The molecule has 0 saturated heterocycles. The molecule has 138 valence electrons. The highest BCUT2D eigenvalue weighted by Gasteiger charge is 2.14. The first-order valence-corrected chi connectivity index (χ1v) is 8.48. The maximum Gasteiger partial charge on any atom is 0.354 e. The molecule has 3 rings (SSSR count). The van der Waals surface area contributed by atoms with Gasteiger partial charge in [-0.1, -0.05) is 29.8 Å². The van der Waals surface area contributed by atoms with Crippen LogP contribution in [-0.4, -0.2) is 28.6 Å². The van der Waals surface area contributed by atoms with Gasteiger partial charge in [-0.25, -0.2) is 9.78 Å². The van der Waals surface area contributed by atoms with Crippen LogP contribution in [0, 0.1) is 20.8 Å². The Bertz CT molecular complexity index is 1020. The Morgan fingerprint density at radius 2 is 1.78 bits per heavy atom. The number of carboxylic acid groups (broad SMARTS) is 1. The number of carbonyl (C=O) groups excluding carboxylic acids is 1. The standard InChI is InChI=1S/C21H20N2O4/c1-12-7-8-16-15(9-12)18(10-17(22-16)21(25)26)27-11-19(24)23-20-13(2)5-4-6-14(20)3/h4-10H,11H2,1-3H3,(H,23,24)(H,25,26). The first kappa shape index (κ1) is 18.4. The summed E-state index contributed by atoms with van der Waals surface area (Å²) in [4.78, 5) is 27.8. The zero-order valence-electron chi connectivity index (χ0n) is 15.4. The van der Waals surface area contributed by atoms with E-state index >= 15 is 0 Å². The molecule has 0 fully saturated rings. The molecule has 0 radical (unpaired) electrons. The maximum atomic E-state index is 12.3. The van der Waals surface area contributed by atoms with Gasteiger partial charge in [-0.2, -0.15) is 0 Å². The van der Waals surface area contributed by atoms with E-state index in [4.69, 9.17) is 4.74 Å². The predicted molar refractivity (Wildman–Crippen MR) is 103 cm³/mol. The largest absolute Gasteiger partial charge is 0.483 e.